The van der Waals surface area contributed by atoms with Crippen molar-refractivity contribution in [2.45, 2.75) is 0 Å². The first-order chi connectivity index (χ1) is 6.75. The summed E-state index contributed by atoms with van der Waals surface area (Å²) in [6.07, 6.45) is 0. The van der Waals surface area contributed by atoms with Crippen molar-refractivity contribution in [1.82, 2.24) is 20.2 Å². The molecular formula is C8H8N4O2. The first kappa shape index (κ1) is 8.49. The largest absolute Gasteiger partial charge is 0.508 e. The Morgan fingerprint density at radius 1 is 1.43 bits per heavy atom. The Hall–Kier alpha value is -2.11. The number of aromatic hydroxyl groups is 1. The van der Waals surface area contributed by atoms with E-state index in [2.05, 4.69) is 15.5 Å². The molecule has 0 radical (unpaired) electrons. The number of aromatic nitrogens is 4. The molecule has 0 aliphatic heterocycles. The number of ether oxygens (including phenoxy) is 1. The predicted octanol–water partition coefficient (Wildman–Crippen LogP) is 0.708. The van der Waals surface area contributed by atoms with Crippen LogP contribution in [0.15, 0.2) is 24.3 Å². The Balaban J connectivity index is 2.23. The second-order valence-electron chi connectivity index (χ2n) is 2.68. The molecule has 1 N–H and O–H groups in total. The SMILES string of the molecule is Cn1nnnc1Oc1cccc(O)c1. The average Bonchev–Trinajstić information content (AvgIpc) is 2.52. The topological polar surface area (TPSA) is 73.1 Å². The molecule has 0 spiro atoms. The van der Waals surface area contributed by atoms with Crippen molar-refractivity contribution in [2.24, 2.45) is 7.05 Å². The number of phenols is 1. The van der Waals surface area contributed by atoms with Gasteiger partial charge in [-0.1, -0.05) is 11.2 Å². The number of phenolic OH excluding ortho intramolecular Hbond substituents is 1. The van der Waals surface area contributed by atoms with Crippen LogP contribution in [0.5, 0.6) is 17.5 Å². The Morgan fingerprint density at radius 3 is 2.93 bits per heavy atom. The molecule has 0 amide bonds. The molecule has 2 aromatic rings. The molecule has 1 aromatic carbocycles. The van der Waals surface area contributed by atoms with Gasteiger partial charge < -0.3 is 9.84 Å². The number of nitrogens with zero attached hydrogens (tertiary/aromatic N) is 4. The zero-order chi connectivity index (χ0) is 9.97. The summed E-state index contributed by atoms with van der Waals surface area (Å²) in [4.78, 5) is 0. The molecule has 14 heavy (non-hydrogen) atoms. The molecule has 1 heterocycles. The highest BCUT2D eigenvalue weighted by atomic mass is 16.5. The second kappa shape index (κ2) is 3.33. The van der Waals surface area contributed by atoms with Crippen molar-refractivity contribution in [3.05, 3.63) is 24.3 Å². The van der Waals surface area contributed by atoms with E-state index in [1.165, 1.54) is 10.7 Å². The van der Waals surface area contributed by atoms with E-state index in [4.69, 9.17) is 4.74 Å². The Bertz CT molecular complexity index is 440. The number of aryl methyl sites for hydroxylation is 1. The molecule has 0 aliphatic rings. The highest BCUT2D eigenvalue weighted by Crippen LogP contribution is 2.21. The van der Waals surface area contributed by atoms with Gasteiger partial charge in [-0.05, 0) is 22.6 Å². The minimum Gasteiger partial charge on any atom is -0.508 e. The Morgan fingerprint density at radius 2 is 2.29 bits per heavy atom. The normalized spacial score (nSPS) is 10.1. The molecule has 2 rings (SSSR count). The third-order valence-corrected chi connectivity index (χ3v) is 1.61. The molecule has 0 atom stereocenters. The molecule has 0 unspecified atom stereocenters. The molecular weight excluding hydrogens is 184 g/mol. The molecule has 1 aromatic heterocycles. The zero-order valence-corrected chi connectivity index (χ0v) is 7.45. The van der Waals surface area contributed by atoms with Gasteiger partial charge in [0.1, 0.15) is 11.5 Å². The summed E-state index contributed by atoms with van der Waals surface area (Å²) >= 11 is 0. The number of hydrogen-bond donors (Lipinski definition) is 1. The maximum Gasteiger partial charge on any atom is 0.340 e. The van der Waals surface area contributed by atoms with Crippen LogP contribution in [0.2, 0.25) is 0 Å². The lowest BCUT2D eigenvalue weighted by Gasteiger charge is -2.02. The minimum absolute atomic E-state index is 0.137. The average molecular weight is 192 g/mol. The third kappa shape index (κ3) is 1.63. The van der Waals surface area contributed by atoms with E-state index in [1.807, 2.05) is 0 Å². The van der Waals surface area contributed by atoms with Crippen LogP contribution in [0.4, 0.5) is 0 Å². The summed E-state index contributed by atoms with van der Waals surface area (Å²) in [5.41, 5.74) is 0. The van der Waals surface area contributed by atoms with Gasteiger partial charge in [0.05, 0.1) is 0 Å². The zero-order valence-electron chi connectivity index (χ0n) is 7.45. The highest BCUT2D eigenvalue weighted by Gasteiger charge is 2.04. The molecule has 0 saturated carbocycles. The monoisotopic (exact) mass is 192 g/mol. The van der Waals surface area contributed by atoms with Gasteiger partial charge in [-0.3, -0.25) is 0 Å². The lowest BCUT2D eigenvalue weighted by Crippen LogP contribution is -1.95. The van der Waals surface area contributed by atoms with Crippen LogP contribution in [-0.4, -0.2) is 25.3 Å². The number of tetrazole rings is 1. The van der Waals surface area contributed by atoms with Gasteiger partial charge in [0, 0.05) is 13.1 Å². The highest BCUT2D eigenvalue weighted by molar-refractivity contribution is 5.33. The van der Waals surface area contributed by atoms with Crippen molar-refractivity contribution in [1.29, 1.82) is 0 Å². The summed E-state index contributed by atoms with van der Waals surface area (Å²) in [7, 11) is 1.66. The van der Waals surface area contributed by atoms with Crippen LogP contribution in [0.3, 0.4) is 0 Å². The van der Waals surface area contributed by atoms with Crippen molar-refractivity contribution >= 4 is 0 Å². The van der Waals surface area contributed by atoms with E-state index < -0.39 is 0 Å². The van der Waals surface area contributed by atoms with Crippen LogP contribution in [-0.2, 0) is 7.05 Å². The van der Waals surface area contributed by atoms with Gasteiger partial charge in [-0.2, -0.15) is 4.68 Å². The lowest BCUT2D eigenvalue weighted by atomic mass is 10.3. The van der Waals surface area contributed by atoms with Gasteiger partial charge >= 0.3 is 6.01 Å². The van der Waals surface area contributed by atoms with Crippen LogP contribution in [0, 0.1) is 0 Å². The smallest absolute Gasteiger partial charge is 0.340 e. The van der Waals surface area contributed by atoms with E-state index >= 15 is 0 Å². The van der Waals surface area contributed by atoms with Crippen molar-refractivity contribution < 1.29 is 9.84 Å². The molecule has 0 saturated heterocycles. The standard InChI is InChI=1S/C8H8N4O2/c1-12-8(9-10-11-12)14-7-4-2-3-6(13)5-7/h2-5,13H,1H3. The first-order valence-corrected chi connectivity index (χ1v) is 3.95. The molecule has 6 nitrogen and oxygen atoms in total. The maximum absolute atomic E-state index is 9.17. The fourth-order valence-electron chi connectivity index (χ4n) is 0.960. The van der Waals surface area contributed by atoms with Gasteiger partial charge in [0.2, 0.25) is 0 Å². The fourth-order valence-corrected chi connectivity index (χ4v) is 0.960. The van der Waals surface area contributed by atoms with Crippen LogP contribution >= 0.6 is 0 Å². The lowest BCUT2D eigenvalue weighted by molar-refractivity contribution is 0.408. The van der Waals surface area contributed by atoms with Crippen molar-refractivity contribution in [3.63, 3.8) is 0 Å². The van der Waals surface area contributed by atoms with Crippen molar-refractivity contribution in [3.8, 4) is 17.5 Å². The summed E-state index contributed by atoms with van der Waals surface area (Å²) < 4.78 is 6.69. The fraction of sp³-hybridized carbons (Fsp3) is 0.125. The molecule has 0 bridgehead atoms. The number of benzene rings is 1. The van der Waals surface area contributed by atoms with Gasteiger partial charge in [0.25, 0.3) is 0 Å². The van der Waals surface area contributed by atoms with E-state index in [1.54, 1.807) is 25.2 Å². The number of hydrogen-bond acceptors (Lipinski definition) is 5. The van der Waals surface area contributed by atoms with Gasteiger partial charge in [-0.25, -0.2) is 0 Å². The van der Waals surface area contributed by atoms with Crippen molar-refractivity contribution in [2.75, 3.05) is 0 Å². The molecule has 72 valence electrons. The maximum atomic E-state index is 9.17. The number of rotatable bonds is 2. The second-order valence-corrected chi connectivity index (χ2v) is 2.68. The molecule has 6 heteroatoms. The van der Waals surface area contributed by atoms with Gasteiger partial charge in [-0.15, -0.1) is 0 Å². The molecule has 0 aliphatic carbocycles. The van der Waals surface area contributed by atoms with Crippen LogP contribution in [0.25, 0.3) is 0 Å². The summed E-state index contributed by atoms with van der Waals surface area (Å²) in [5.74, 6) is 0.625. The van der Waals surface area contributed by atoms with E-state index in [-0.39, 0.29) is 11.8 Å². The van der Waals surface area contributed by atoms with E-state index in [9.17, 15) is 5.11 Å². The minimum atomic E-state index is 0.137. The third-order valence-electron chi connectivity index (χ3n) is 1.61. The van der Waals surface area contributed by atoms with Gasteiger partial charge in [0.15, 0.2) is 0 Å². The predicted molar refractivity (Wildman–Crippen MR) is 47.0 cm³/mol. The van der Waals surface area contributed by atoms with E-state index in [0.29, 0.717) is 5.75 Å². The van der Waals surface area contributed by atoms with E-state index in [0.717, 1.165) is 0 Å². The summed E-state index contributed by atoms with van der Waals surface area (Å²) in [6.45, 7) is 0. The Kier molecular flexibility index (Phi) is 2.02. The quantitative estimate of drug-likeness (QED) is 0.758. The summed E-state index contributed by atoms with van der Waals surface area (Å²) in [6, 6.07) is 6.69. The summed E-state index contributed by atoms with van der Waals surface area (Å²) in [5, 5.41) is 19.8. The Labute approximate surface area is 79.7 Å². The van der Waals surface area contributed by atoms with Crippen LogP contribution < -0.4 is 4.74 Å². The van der Waals surface area contributed by atoms with Crippen LogP contribution in [0.1, 0.15) is 0 Å². The molecule has 0 fully saturated rings. The first-order valence-electron chi connectivity index (χ1n) is 3.95.